The van der Waals surface area contributed by atoms with Gasteiger partial charge in [-0.1, -0.05) is 6.07 Å². The van der Waals surface area contributed by atoms with Crippen LogP contribution in [0.15, 0.2) is 23.6 Å². The molecule has 3 N–H and O–H groups in total. The summed E-state index contributed by atoms with van der Waals surface area (Å²) < 4.78 is 0. The number of fused-ring (bicyclic) bond motifs is 1. The number of nitrogens with one attached hydrogen (secondary N) is 1. The minimum atomic E-state index is -0.482. The summed E-state index contributed by atoms with van der Waals surface area (Å²) in [6.07, 6.45) is 4.01. The van der Waals surface area contributed by atoms with Crippen molar-refractivity contribution in [3.63, 3.8) is 0 Å². The van der Waals surface area contributed by atoms with Crippen molar-refractivity contribution in [3.8, 4) is 0 Å². The van der Waals surface area contributed by atoms with Crippen molar-refractivity contribution in [1.29, 1.82) is 0 Å². The molecular formula is C16H17N3O2S2. The third kappa shape index (κ3) is 3.52. The van der Waals surface area contributed by atoms with Crippen molar-refractivity contribution in [2.75, 3.05) is 18.9 Å². The van der Waals surface area contributed by atoms with Gasteiger partial charge in [0.05, 0.1) is 5.56 Å². The van der Waals surface area contributed by atoms with E-state index in [9.17, 15) is 9.59 Å². The largest absolute Gasteiger partial charge is 0.365 e. The van der Waals surface area contributed by atoms with Crippen LogP contribution in [0, 0.1) is 0 Å². The number of rotatable bonds is 4. The maximum Gasteiger partial charge on any atom is 0.251 e. The van der Waals surface area contributed by atoms with Gasteiger partial charge < -0.3 is 16.0 Å². The maximum atomic E-state index is 12.1. The van der Waals surface area contributed by atoms with E-state index in [4.69, 9.17) is 5.73 Å². The van der Waals surface area contributed by atoms with Crippen LogP contribution in [-0.4, -0.2) is 30.3 Å². The predicted molar refractivity (Wildman–Crippen MR) is 94.9 cm³/mol. The quantitative estimate of drug-likeness (QED) is 0.835. The standard InChI is InChI=1S/C16H17N3O2S2/c1-19-7-6-11-12(9-19)23-16(14(11)15(17)21)18-13(20)5-4-10-3-2-8-22-10/h2-5,8H,6-7,9H2,1H3,(H2,17,21)(H,18,20). The first-order valence-corrected chi connectivity index (χ1v) is 8.89. The van der Waals surface area contributed by atoms with E-state index >= 15 is 0 Å². The van der Waals surface area contributed by atoms with E-state index < -0.39 is 5.91 Å². The second-order valence-corrected chi connectivity index (χ2v) is 7.48. The van der Waals surface area contributed by atoms with Crippen molar-refractivity contribution in [2.24, 2.45) is 5.73 Å². The second kappa shape index (κ2) is 6.66. The zero-order valence-corrected chi connectivity index (χ0v) is 14.3. The number of nitrogens with zero attached hydrogens (tertiary/aromatic N) is 1. The van der Waals surface area contributed by atoms with Crippen LogP contribution in [0.3, 0.4) is 0 Å². The lowest BCUT2D eigenvalue weighted by Crippen LogP contribution is -2.27. The van der Waals surface area contributed by atoms with E-state index in [-0.39, 0.29) is 5.91 Å². The molecule has 0 bridgehead atoms. The van der Waals surface area contributed by atoms with Crippen molar-refractivity contribution in [1.82, 2.24) is 4.90 Å². The summed E-state index contributed by atoms with van der Waals surface area (Å²) in [6, 6.07) is 3.86. The normalized spacial score (nSPS) is 14.8. The number of carbonyl (C=O) groups is 2. The van der Waals surface area contributed by atoms with Crippen molar-refractivity contribution < 1.29 is 9.59 Å². The highest BCUT2D eigenvalue weighted by Crippen LogP contribution is 2.36. The predicted octanol–water partition coefficient (Wildman–Crippen LogP) is 2.55. The number of anilines is 1. The van der Waals surface area contributed by atoms with Crippen LogP contribution in [-0.2, 0) is 17.8 Å². The molecule has 23 heavy (non-hydrogen) atoms. The van der Waals surface area contributed by atoms with Crippen LogP contribution in [0.1, 0.15) is 25.7 Å². The van der Waals surface area contributed by atoms with Crippen molar-refractivity contribution in [2.45, 2.75) is 13.0 Å². The van der Waals surface area contributed by atoms with E-state index in [1.807, 2.05) is 24.6 Å². The highest BCUT2D eigenvalue weighted by Gasteiger charge is 2.26. The van der Waals surface area contributed by atoms with Gasteiger partial charge in [-0.3, -0.25) is 9.59 Å². The first-order valence-electron chi connectivity index (χ1n) is 7.20. The van der Waals surface area contributed by atoms with Gasteiger partial charge in [0.1, 0.15) is 5.00 Å². The molecule has 7 heteroatoms. The molecule has 0 aliphatic carbocycles. The molecule has 0 aromatic carbocycles. The Kier molecular flexibility index (Phi) is 4.61. The maximum absolute atomic E-state index is 12.1. The molecule has 0 unspecified atom stereocenters. The van der Waals surface area contributed by atoms with Gasteiger partial charge in [-0.25, -0.2) is 0 Å². The van der Waals surface area contributed by atoms with Gasteiger partial charge in [0.15, 0.2) is 0 Å². The number of amides is 2. The Hall–Kier alpha value is -1.96. The zero-order chi connectivity index (χ0) is 16.4. The van der Waals surface area contributed by atoms with E-state index in [0.29, 0.717) is 10.6 Å². The molecule has 3 heterocycles. The molecule has 2 aromatic rings. The molecule has 1 aliphatic heterocycles. The lowest BCUT2D eigenvalue weighted by Gasteiger charge is -2.22. The summed E-state index contributed by atoms with van der Waals surface area (Å²) in [5, 5.41) is 5.31. The van der Waals surface area contributed by atoms with Gasteiger partial charge in [0.25, 0.3) is 5.91 Å². The fourth-order valence-corrected chi connectivity index (χ4v) is 4.53. The average molecular weight is 347 g/mol. The third-order valence-corrected chi connectivity index (χ3v) is 5.64. The van der Waals surface area contributed by atoms with E-state index in [1.165, 1.54) is 17.4 Å². The molecule has 0 fully saturated rings. The van der Waals surface area contributed by atoms with Crippen molar-refractivity contribution >= 4 is 45.6 Å². The minimum absolute atomic E-state index is 0.257. The van der Waals surface area contributed by atoms with Crippen molar-refractivity contribution in [3.05, 3.63) is 44.5 Å². The van der Waals surface area contributed by atoms with Gasteiger partial charge in [-0.2, -0.15) is 0 Å². The summed E-state index contributed by atoms with van der Waals surface area (Å²) in [4.78, 5) is 28.2. The molecule has 0 saturated heterocycles. The number of nitrogens with two attached hydrogens (primary N) is 1. The smallest absolute Gasteiger partial charge is 0.251 e. The minimum Gasteiger partial charge on any atom is -0.365 e. The third-order valence-electron chi connectivity index (χ3n) is 3.67. The SMILES string of the molecule is CN1CCc2c(sc(NC(=O)C=Cc3cccs3)c2C(N)=O)C1. The monoisotopic (exact) mass is 347 g/mol. The number of hydrogen-bond acceptors (Lipinski definition) is 5. The number of carbonyl (C=O) groups excluding carboxylic acids is 2. The number of likely N-dealkylation sites (N-methyl/N-ethyl adjacent to an activating group) is 1. The Morgan fingerprint density at radius 3 is 2.96 bits per heavy atom. The van der Waals surface area contributed by atoms with Gasteiger partial charge in [-0.05, 0) is 36.6 Å². The van der Waals surface area contributed by atoms with Crippen LogP contribution < -0.4 is 11.1 Å². The number of primary amides is 1. The summed E-state index contributed by atoms with van der Waals surface area (Å²) in [7, 11) is 2.04. The molecule has 0 radical (unpaired) electrons. The highest BCUT2D eigenvalue weighted by atomic mass is 32.1. The molecule has 2 amide bonds. The van der Waals surface area contributed by atoms with E-state index in [2.05, 4.69) is 10.2 Å². The van der Waals surface area contributed by atoms with Crippen LogP contribution in [0.2, 0.25) is 0 Å². The molecular weight excluding hydrogens is 330 g/mol. The Morgan fingerprint density at radius 2 is 2.26 bits per heavy atom. The fourth-order valence-electron chi connectivity index (χ4n) is 2.58. The van der Waals surface area contributed by atoms with Crippen LogP contribution in [0.25, 0.3) is 6.08 Å². The van der Waals surface area contributed by atoms with Crippen LogP contribution in [0.4, 0.5) is 5.00 Å². The molecule has 1 aliphatic rings. The Balaban J connectivity index is 1.82. The molecule has 0 atom stereocenters. The topological polar surface area (TPSA) is 75.4 Å². The average Bonchev–Trinajstić information content (AvgIpc) is 3.11. The molecule has 3 rings (SSSR count). The van der Waals surface area contributed by atoms with Crippen LogP contribution >= 0.6 is 22.7 Å². The molecule has 0 saturated carbocycles. The van der Waals surface area contributed by atoms with E-state index in [1.54, 1.807) is 17.4 Å². The van der Waals surface area contributed by atoms with Gasteiger partial charge in [-0.15, -0.1) is 22.7 Å². The summed E-state index contributed by atoms with van der Waals surface area (Å²) in [5.74, 6) is -0.738. The second-order valence-electron chi connectivity index (χ2n) is 5.40. The fraction of sp³-hybridized carbons (Fsp3) is 0.250. The molecule has 5 nitrogen and oxygen atoms in total. The lowest BCUT2D eigenvalue weighted by molar-refractivity contribution is -0.111. The summed E-state index contributed by atoms with van der Waals surface area (Å²) >= 11 is 3.00. The molecule has 0 spiro atoms. The van der Waals surface area contributed by atoms with Gasteiger partial charge in [0, 0.05) is 28.9 Å². The Morgan fingerprint density at radius 1 is 1.43 bits per heavy atom. The molecule has 120 valence electrons. The first-order chi connectivity index (χ1) is 11.0. The summed E-state index contributed by atoms with van der Waals surface area (Å²) in [6.45, 7) is 1.66. The first kappa shape index (κ1) is 15.9. The molecule has 2 aromatic heterocycles. The van der Waals surface area contributed by atoms with Gasteiger partial charge >= 0.3 is 0 Å². The van der Waals surface area contributed by atoms with Crippen LogP contribution in [0.5, 0.6) is 0 Å². The van der Waals surface area contributed by atoms with Gasteiger partial charge in [0.2, 0.25) is 5.91 Å². The zero-order valence-electron chi connectivity index (χ0n) is 12.7. The summed E-state index contributed by atoms with van der Waals surface area (Å²) in [5.41, 5.74) is 6.98. The lowest BCUT2D eigenvalue weighted by atomic mass is 10.0. The Bertz CT molecular complexity index is 763. The van der Waals surface area contributed by atoms with E-state index in [0.717, 1.165) is 34.8 Å². The number of thiophene rings is 2. The Labute approximate surface area is 142 Å². The highest BCUT2D eigenvalue weighted by molar-refractivity contribution is 7.17. The number of hydrogen-bond donors (Lipinski definition) is 2.